The third kappa shape index (κ3) is 3.88. The SMILES string of the molecule is O=C(NCCNC(=O)c1ccc(F)cc1F)c1ccco1. The molecule has 0 fully saturated rings. The highest BCUT2D eigenvalue weighted by atomic mass is 19.1. The van der Waals surface area contributed by atoms with Crippen molar-refractivity contribution in [3.8, 4) is 0 Å². The molecule has 5 nitrogen and oxygen atoms in total. The minimum absolute atomic E-state index is 0.0993. The van der Waals surface area contributed by atoms with Gasteiger partial charge in [0.05, 0.1) is 11.8 Å². The van der Waals surface area contributed by atoms with Gasteiger partial charge in [-0.25, -0.2) is 8.78 Å². The van der Waals surface area contributed by atoms with Gasteiger partial charge in [0.25, 0.3) is 11.8 Å². The standard InChI is InChI=1S/C14H12F2N2O3/c15-9-3-4-10(11(16)8-9)13(19)17-5-6-18-14(20)12-2-1-7-21-12/h1-4,7-8H,5-6H2,(H,17,19)(H,18,20). The Hall–Kier alpha value is -2.70. The number of halogens is 2. The van der Waals surface area contributed by atoms with Crippen LogP contribution in [0.15, 0.2) is 41.0 Å². The predicted octanol–water partition coefficient (Wildman–Crippen LogP) is 1.72. The van der Waals surface area contributed by atoms with Gasteiger partial charge < -0.3 is 15.1 Å². The Morgan fingerprint density at radius 2 is 1.76 bits per heavy atom. The summed E-state index contributed by atoms with van der Waals surface area (Å²) in [4.78, 5) is 23.1. The number of carbonyl (C=O) groups excluding carboxylic acids is 2. The highest BCUT2D eigenvalue weighted by Crippen LogP contribution is 2.09. The molecule has 0 aliphatic carbocycles. The average molecular weight is 294 g/mol. The van der Waals surface area contributed by atoms with Gasteiger partial charge in [0.2, 0.25) is 0 Å². The lowest BCUT2D eigenvalue weighted by molar-refractivity contribution is 0.0909. The van der Waals surface area contributed by atoms with E-state index < -0.39 is 23.4 Å². The molecule has 110 valence electrons. The van der Waals surface area contributed by atoms with Gasteiger partial charge in [-0.3, -0.25) is 9.59 Å². The highest BCUT2D eigenvalue weighted by Gasteiger charge is 2.12. The van der Waals surface area contributed by atoms with E-state index in [4.69, 9.17) is 4.42 Å². The number of carbonyl (C=O) groups is 2. The molecule has 2 amide bonds. The van der Waals surface area contributed by atoms with Gasteiger partial charge in [-0.05, 0) is 24.3 Å². The number of nitrogens with one attached hydrogen (secondary N) is 2. The fraction of sp³-hybridized carbons (Fsp3) is 0.143. The van der Waals surface area contributed by atoms with Gasteiger partial charge in [-0.1, -0.05) is 0 Å². The zero-order valence-corrected chi connectivity index (χ0v) is 10.9. The first kappa shape index (κ1) is 14.7. The van der Waals surface area contributed by atoms with Crippen molar-refractivity contribution >= 4 is 11.8 Å². The Morgan fingerprint density at radius 3 is 2.38 bits per heavy atom. The number of amides is 2. The Labute approximate surface area is 118 Å². The minimum Gasteiger partial charge on any atom is -0.459 e. The van der Waals surface area contributed by atoms with Crippen molar-refractivity contribution in [3.05, 3.63) is 59.6 Å². The van der Waals surface area contributed by atoms with Crippen LogP contribution in [0.2, 0.25) is 0 Å². The molecule has 0 spiro atoms. The van der Waals surface area contributed by atoms with E-state index in [1.165, 1.54) is 12.3 Å². The van der Waals surface area contributed by atoms with Crippen LogP contribution < -0.4 is 10.6 Å². The summed E-state index contributed by atoms with van der Waals surface area (Å²) in [6.45, 7) is 0.246. The molecule has 21 heavy (non-hydrogen) atoms. The fourth-order valence-electron chi connectivity index (χ4n) is 1.62. The smallest absolute Gasteiger partial charge is 0.287 e. The normalized spacial score (nSPS) is 10.2. The van der Waals surface area contributed by atoms with Crippen LogP contribution in [0.4, 0.5) is 8.78 Å². The molecule has 0 saturated heterocycles. The topological polar surface area (TPSA) is 71.3 Å². The zero-order chi connectivity index (χ0) is 15.2. The summed E-state index contributed by atoms with van der Waals surface area (Å²) in [6.07, 6.45) is 1.37. The van der Waals surface area contributed by atoms with Crippen LogP contribution in [-0.4, -0.2) is 24.9 Å². The largest absolute Gasteiger partial charge is 0.459 e. The summed E-state index contributed by atoms with van der Waals surface area (Å²) in [5, 5.41) is 4.93. The van der Waals surface area contributed by atoms with Gasteiger partial charge in [0, 0.05) is 19.2 Å². The number of hydrogen-bond donors (Lipinski definition) is 2. The van der Waals surface area contributed by atoms with Gasteiger partial charge in [0.15, 0.2) is 5.76 Å². The second-order valence-corrected chi connectivity index (χ2v) is 4.11. The van der Waals surface area contributed by atoms with Crippen LogP contribution in [0.1, 0.15) is 20.9 Å². The maximum absolute atomic E-state index is 13.3. The van der Waals surface area contributed by atoms with Crippen molar-refractivity contribution in [2.45, 2.75) is 0 Å². The van der Waals surface area contributed by atoms with E-state index in [2.05, 4.69) is 10.6 Å². The first-order valence-corrected chi connectivity index (χ1v) is 6.13. The number of rotatable bonds is 5. The molecule has 2 aromatic rings. The van der Waals surface area contributed by atoms with Gasteiger partial charge in [-0.15, -0.1) is 0 Å². The zero-order valence-electron chi connectivity index (χ0n) is 10.9. The maximum Gasteiger partial charge on any atom is 0.287 e. The minimum atomic E-state index is -0.938. The molecule has 0 unspecified atom stereocenters. The first-order valence-electron chi connectivity index (χ1n) is 6.13. The van der Waals surface area contributed by atoms with Crippen LogP contribution in [-0.2, 0) is 0 Å². The molecular weight excluding hydrogens is 282 g/mol. The van der Waals surface area contributed by atoms with Crippen LogP contribution in [0, 0.1) is 11.6 Å². The van der Waals surface area contributed by atoms with Crippen molar-refractivity contribution in [2.24, 2.45) is 0 Å². The Bertz CT molecular complexity index is 642. The molecule has 0 bridgehead atoms. The second kappa shape index (κ2) is 6.65. The number of benzene rings is 1. The molecule has 0 aliphatic heterocycles. The summed E-state index contributed by atoms with van der Waals surface area (Å²) in [7, 11) is 0. The molecule has 0 aliphatic rings. The molecule has 0 radical (unpaired) electrons. The van der Waals surface area contributed by atoms with Gasteiger partial charge >= 0.3 is 0 Å². The molecule has 2 rings (SSSR count). The van der Waals surface area contributed by atoms with Crippen LogP contribution in [0.3, 0.4) is 0 Å². The molecule has 1 aromatic heterocycles. The van der Waals surface area contributed by atoms with Crippen LogP contribution in [0.5, 0.6) is 0 Å². The quantitative estimate of drug-likeness (QED) is 0.825. The van der Waals surface area contributed by atoms with E-state index in [1.807, 2.05) is 0 Å². The van der Waals surface area contributed by atoms with E-state index in [0.717, 1.165) is 12.1 Å². The monoisotopic (exact) mass is 294 g/mol. The van der Waals surface area contributed by atoms with E-state index in [-0.39, 0.29) is 24.4 Å². The summed E-state index contributed by atoms with van der Waals surface area (Å²) < 4.78 is 30.9. The summed E-state index contributed by atoms with van der Waals surface area (Å²) in [5.41, 5.74) is -0.256. The van der Waals surface area contributed by atoms with E-state index >= 15 is 0 Å². The lowest BCUT2D eigenvalue weighted by Crippen LogP contribution is -2.34. The van der Waals surface area contributed by atoms with Gasteiger partial charge in [-0.2, -0.15) is 0 Å². The fourth-order valence-corrected chi connectivity index (χ4v) is 1.62. The maximum atomic E-state index is 13.3. The summed E-state index contributed by atoms with van der Waals surface area (Å²) in [6, 6.07) is 5.77. The van der Waals surface area contributed by atoms with E-state index in [9.17, 15) is 18.4 Å². The van der Waals surface area contributed by atoms with Crippen molar-refractivity contribution < 1.29 is 22.8 Å². The summed E-state index contributed by atoms with van der Waals surface area (Å²) >= 11 is 0. The number of hydrogen-bond acceptors (Lipinski definition) is 3. The summed E-state index contributed by atoms with van der Waals surface area (Å²) in [5.74, 6) is -2.63. The van der Waals surface area contributed by atoms with Crippen molar-refractivity contribution in [1.82, 2.24) is 10.6 Å². The third-order valence-corrected chi connectivity index (χ3v) is 2.62. The molecule has 0 atom stereocenters. The lowest BCUT2D eigenvalue weighted by atomic mass is 10.2. The van der Waals surface area contributed by atoms with Crippen molar-refractivity contribution in [3.63, 3.8) is 0 Å². The van der Waals surface area contributed by atoms with Crippen LogP contribution in [0.25, 0.3) is 0 Å². The Balaban J connectivity index is 1.78. The van der Waals surface area contributed by atoms with Crippen molar-refractivity contribution in [2.75, 3.05) is 13.1 Å². The van der Waals surface area contributed by atoms with Gasteiger partial charge in [0.1, 0.15) is 11.6 Å². The molecule has 2 N–H and O–H groups in total. The third-order valence-electron chi connectivity index (χ3n) is 2.62. The van der Waals surface area contributed by atoms with Crippen molar-refractivity contribution in [1.29, 1.82) is 0 Å². The lowest BCUT2D eigenvalue weighted by Gasteiger charge is -2.07. The molecule has 7 heteroatoms. The first-order chi connectivity index (χ1) is 10.1. The average Bonchev–Trinajstić information content (AvgIpc) is 2.97. The Morgan fingerprint density at radius 1 is 1.05 bits per heavy atom. The van der Waals surface area contributed by atoms with E-state index in [1.54, 1.807) is 6.07 Å². The predicted molar refractivity (Wildman–Crippen MR) is 69.7 cm³/mol. The Kier molecular flexibility index (Phi) is 4.65. The molecule has 0 saturated carbocycles. The van der Waals surface area contributed by atoms with E-state index in [0.29, 0.717) is 6.07 Å². The molecule has 1 aromatic carbocycles. The molecular formula is C14H12F2N2O3. The second-order valence-electron chi connectivity index (χ2n) is 4.11. The molecule has 1 heterocycles. The number of furan rings is 1. The highest BCUT2D eigenvalue weighted by molar-refractivity contribution is 5.94. The van der Waals surface area contributed by atoms with Crippen LogP contribution >= 0.6 is 0 Å².